The molecule has 1 fully saturated rings. The van der Waals surface area contributed by atoms with Crippen molar-refractivity contribution in [2.24, 2.45) is 11.7 Å². The van der Waals surface area contributed by atoms with Gasteiger partial charge in [0.1, 0.15) is 11.7 Å². The molecule has 0 saturated carbocycles. The molecule has 0 aliphatic carbocycles. The summed E-state index contributed by atoms with van der Waals surface area (Å²) in [4.78, 5) is 2.19. The van der Waals surface area contributed by atoms with E-state index in [2.05, 4.69) is 11.8 Å². The Labute approximate surface area is 120 Å². The van der Waals surface area contributed by atoms with Crippen molar-refractivity contribution in [1.82, 2.24) is 0 Å². The van der Waals surface area contributed by atoms with Gasteiger partial charge in [-0.05, 0) is 37.3 Å². The number of anilines is 1. The monoisotopic (exact) mass is 277 g/mol. The third-order valence-electron chi connectivity index (χ3n) is 4.15. The smallest absolute Gasteiger partial charge is 0.136 e. The first-order valence-electron chi connectivity index (χ1n) is 7.51. The highest BCUT2D eigenvalue weighted by molar-refractivity contribution is 6.00. The molecule has 1 heterocycles. The minimum atomic E-state index is -0.399. The van der Waals surface area contributed by atoms with Crippen LogP contribution in [0.15, 0.2) is 18.2 Å². The molecular weight excluding hydrogens is 253 g/mol. The van der Waals surface area contributed by atoms with Crippen molar-refractivity contribution < 1.29 is 4.39 Å². The number of nitrogens with zero attached hydrogens (tertiary/aromatic N) is 1. The Morgan fingerprint density at radius 3 is 2.90 bits per heavy atom. The highest BCUT2D eigenvalue weighted by atomic mass is 19.1. The Balaban J connectivity index is 2.20. The van der Waals surface area contributed by atoms with Crippen LogP contribution in [0.2, 0.25) is 0 Å². The summed E-state index contributed by atoms with van der Waals surface area (Å²) in [5, 5.41) is 7.61. The van der Waals surface area contributed by atoms with E-state index in [1.165, 1.54) is 25.3 Å². The van der Waals surface area contributed by atoms with Crippen LogP contribution in [0.3, 0.4) is 0 Å². The van der Waals surface area contributed by atoms with Gasteiger partial charge in [-0.3, -0.25) is 5.41 Å². The number of amidine groups is 1. The van der Waals surface area contributed by atoms with Gasteiger partial charge < -0.3 is 10.6 Å². The molecule has 1 aromatic carbocycles. The standard InChI is InChI=1S/C16H24FN3/c1-2-5-12-6-4-10-20(11-9-12)14-8-3-7-13(17)15(14)16(18)19/h3,7-8,12H,2,4-6,9-11H2,1H3,(H3,18,19). The second-order valence-corrected chi connectivity index (χ2v) is 5.62. The molecule has 110 valence electrons. The molecule has 3 N–H and O–H groups in total. The summed E-state index contributed by atoms with van der Waals surface area (Å²) in [7, 11) is 0. The number of nitrogens with one attached hydrogen (secondary N) is 1. The lowest BCUT2D eigenvalue weighted by Crippen LogP contribution is -2.28. The van der Waals surface area contributed by atoms with E-state index in [0.29, 0.717) is 0 Å². The van der Waals surface area contributed by atoms with Gasteiger partial charge in [0.05, 0.1) is 11.3 Å². The summed E-state index contributed by atoms with van der Waals surface area (Å²) in [6.07, 6.45) is 6.01. The number of halogens is 1. The van der Waals surface area contributed by atoms with E-state index in [0.717, 1.165) is 37.5 Å². The molecule has 0 spiro atoms. The van der Waals surface area contributed by atoms with E-state index in [1.54, 1.807) is 6.07 Å². The van der Waals surface area contributed by atoms with Gasteiger partial charge in [-0.15, -0.1) is 0 Å². The normalized spacial score (nSPS) is 19.7. The third kappa shape index (κ3) is 3.30. The fourth-order valence-corrected chi connectivity index (χ4v) is 3.15. The van der Waals surface area contributed by atoms with Crippen LogP contribution in [-0.2, 0) is 0 Å². The van der Waals surface area contributed by atoms with E-state index in [-0.39, 0.29) is 11.4 Å². The van der Waals surface area contributed by atoms with Crippen molar-refractivity contribution in [3.8, 4) is 0 Å². The lowest BCUT2D eigenvalue weighted by Gasteiger charge is -2.25. The topological polar surface area (TPSA) is 53.1 Å². The predicted octanol–water partition coefficient (Wildman–Crippen LogP) is 3.52. The number of nitrogens with two attached hydrogens (primary N) is 1. The fourth-order valence-electron chi connectivity index (χ4n) is 3.15. The second kappa shape index (κ2) is 6.73. The third-order valence-corrected chi connectivity index (χ3v) is 4.15. The first kappa shape index (κ1) is 14.8. The summed E-state index contributed by atoms with van der Waals surface area (Å²) >= 11 is 0. The Bertz CT molecular complexity index is 473. The molecule has 1 aliphatic rings. The molecule has 0 bridgehead atoms. The van der Waals surface area contributed by atoms with Gasteiger partial charge in [0.2, 0.25) is 0 Å². The van der Waals surface area contributed by atoms with E-state index in [1.807, 2.05) is 6.07 Å². The van der Waals surface area contributed by atoms with Gasteiger partial charge in [0.25, 0.3) is 0 Å². The molecule has 1 atom stereocenters. The lowest BCUT2D eigenvalue weighted by atomic mass is 9.96. The number of hydrogen-bond acceptors (Lipinski definition) is 2. The molecule has 4 heteroatoms. The van der Waals surface area contributed by atoms with Crippen LogP contribution in [0, 0.1) is 17.1 Å². The molecule has 1 saturated heterocycles. The van der Waals surface area contributed by atoms with Crippen LogP contribution in [0.4, 0.5) is 10.1 Å². The van der Waals surface area contributed by atoms with Crippen LogP contribution in [-0.4, -0.2) is 18.9 Å². The van der Waals surface area contributed by atoms with Gasteiger partial charge in [0, 0.05) is 13.1 Å². The van der Waals surface area contributed by atoms with E-state index >= 15 is 0 Å². The molecule has 1 aromatic rings. The first-order valence-corrected chi connectivity index (χ1v) is 7.51. The number of nitrogen functional groups attached to an aromatic ring is 1. The van der Waals surface area contributed by atoms with Crippen molar-refractivity contribution in [2.45, 2.75) is 39.0 Å². The zero-order valence-electron chi connectivity index (χ0n) is 12.2. The molecule has 0 amide bonds. The zero-order valence-corrected chi connectivity index (χ0v) is 12.2. The largest absolute Gasteiger partial charge is 0.384 e. The Hall–Kier alpha value is -1.58. The van der Waals surface area contributed by atoms with Gasteiger partial charge in [0.15, 0.2) is 0 Å². The van der Waals surface area contributed by atoms with Crippen molar-refractivity contribution >= 4 is 11.5 Å². The van der Waals surface area contributed by atoms with Crippen molar-refractivity contribution in [3.05, 3.63) is 29.6 Å². The summed E-state index contributed by atoms with van der Waals surface area (Å²) in [6, 6.07) is 4.95. The lowest BCUT2D eigenvalue weighted by molar-refractivity contribution is 0.435. The Morgan fingerprint density at radius 2 is 2.20 bits per heavy atom. The SMILES string of the molecule is CCCC1CCCN(c2cccc(F)c2C(=N)N)CC1. The molecular formula is C16H24FN3. The average molecular weight is 277 g/mol. The van der Waals surface area contributed by atoms with Gasteiger partial charge in [-0.1, -0.05) is 25.8 Å². The van der Waals surface area contributed by atoms with E-state index in [4.69, 9.17) is 11.1 Å². The van der Waals surface area contributed by atoms with Crippen molar-refractivity contribution in [3.63, 3.8) is 0 Å². The maximum absolute atomic E-state index is 13.9. The summed E-state index contributed by atoms with van der Waals surface area (Å²) in [5.74, 6) is 0.191. The minimum absolute atomic E-state index is 0.188. The van der Waals surface area contributed by atoms with Crippen LogP contribution in [0.5, 0.6) is 0 Å². The number of benzene rings is 1. The average Bonchev–Trinajstić information content (AvgIpc) is 2.64. The fraction of sp³-hybridized carbons (Fsp3) is 0.562. The second-order valence-electron chi connectivity index (χ2n) is 5.62. The first-order chi connectivity index (χ1) is 9.63. The summed E-state index contributed by atoms with van der Waals surface area (Å²) in [6.45, 7) is 4.07. The molecule has 0 aromatic heterocycles. The highest BCUT2D eigenvalue weighted by Gasteiger charge is 2.21. The quantitative estimate of drug-likeness (QED) is 0.653. The number of rotatable bonds is 4. The molecule has 0 radical (unpaired) electrons. The van der Waals surface area contributed by atoms with E-state index < -0.39 is 5.82 Å². The van der Waals surface area contributed by atoms with Crippen molar-refractivity contribution in [1.29, 1.82) is 5.41 Å². The summed E-state index contributed by atoms with van der Waals surface area (Å²) < 4.78 is 13.9. The Kier molecular flexibility index (Phi) is 4.99. The van der Waals surface area contributed by atoms with Crippen molar-refractivity contribution in [2.75, 3.05) is 18.0 Å². The summed E-state index contributed by atoms with van der Waals surface area (Å²) in [5.41, 5.74) is 6.58. The molecule has 1 aliphatic heterocycles. The molecule has 1 unspecified atom stereocenters. The molecule has 3 nitrogen and oxygen atoms in total. The zero-order chi connectivity index (χ0) is 14.5. The molecule has 20 heavy (non-hydrogen) atoms. The van der Waals surface area contributed by atoms with Gasteiger partial charge in [-0.25, -0.2) is 4.39 Å². The maximum Gasteiger partial charge on any atom is 0.136 e. The minimum Gasteiger partial charge on any atom is -0.384 e. The highest BCUT2D eigenvalue weighted by Crippen LogP contribution is 2.28. The van der Waals surface area contributed by atoms with Crippen LogP contribution >= 0.6 is 0 Å². The maximum atomic E-state index is 13.9. The Morgan fingerprint density at radius 1 is 1.40 bits per heavy atom. The number of hydrogen-bond donors (Lipinski definition) is 2. The van der Waals surface area contributed by atoms with E-state index in [9.17, 15) is 4.39 Å². The predicted molar refractivity (Wildman–Crippen MR) is 81.9 cm³/mol. The van der Waals surface area contributed by atoms with Crippen LogP contribution in [0.25, 0.3) is 0 Å². The van der Waals surface area contributed by atoms with Gasteiger partial charge in [-0.2, -0.15) is 0 Å². The van der Waals surface area contributed by atoms with Crippen LogP contribution < -0.4 is 10.6 Å². The van der Waals surface area contributed by atoms with Gasteiger partial charge >= 0.3 is 0 Å². The van der Waals surface area contributed by atoms with Crippen LogP contribution in [0.1, 0.15) is 44.6 Å². The molecule has 2 rings (SSSR count).